The zero-order valence-electron chi connectivity index (χ0n) is 18.0. The molecule has 0 spiro atoms. The van der Waals surface area contributed by atoms with Crippen LogP contribution in [-0.4, -0.2) is 67.1 Å². The van der Waals surface area contributed by atoms with Gasteiger partial charge in [0.2, 0.25) is 6.79 Å². The standard InChI is InChI=1S/C25H32N2O4/c28-21(17-29-23-7-3-5-20-4-1-2-6-22(20)23)16-27-12-10-26(11-13-27)15-19-8-9-24-25(14-19)31-18-30-24/h1-2,4,6,8-9,14,21,23,28H,3,5,7,10-13,15-18H2/t21-,23-/m0/s1. The van der Waals surface area contributed by atoms with Crippen molar-refractivity contribution in [1.29, 1.82) is 0 Å². The van der Waals surface area contributed by atoms with Crippen LogP contribution in [0.3, 0.4) is 0 Å². The van der Waals surface area contributed by atoms with E-state index in [9.17, 15) is 5.11 Å². The van der Waals surface area contributed by atoms with E-state index < -0.39 is 6.10 Å². The van der Waals surface area contributed by atoms with E-state index in [4.69, 9.17) is 14.2 Å². The van der Waals surface area contributed by atoms with Crippen LogP contribution in [0.1, 0.15) is 35.6 Å². The average molecular weight is 425 g/mol. The number of aliphatic hydroxyl groups excluding tert-OH is 1. The second-order valence-electron chi connectivity index (χ2n) is 8.83. The predicted octanol–water partition coefficient (Wildman–Crippen LogP) is 2.99. The lowest BCUT2D eigenvalue weighted by atomic mass is 9.89. The molecule has 2 aromatic rings. The third-order valence-electron chi connectivity index (χ3n) is 6.58. The summed E-state index contributed by atoms with van der Waals surface area (Å²) in [7, 11) is 0. The maximum atomic E-state index is 10.6. The number of aliphatic hydroxyl groups is 1. The molecule has 3 aliphatic rings. The zero-order chi connectivity index (χ0) is 21.0. The van der Waals surface area contributed by atoms with E-state index >= 15 is 0 Å². The Hall–Kier alpha value is -2.12. The molecular formula is C25H32N2O4. The fraction of sp³-hybridized carbons (Fsp3) is 0.520. The van der Waals surface area contributed by atoms with Crippen LogP contribution in [-0.2, 0) is 17.7 Å². The van der Waals surface area contributed by atoms with Crippen molar-refractivity contribution in [2.24, 2.45) is 0 Å². The Morgan fingerprint density at radius 3 is 2.71 bits per heavy atom. The monoisotopic (exact) mass is 424 g/mol. The molecule has 0 bridgehead atoms. The highest BCUT2D eigenvalue weighted by Crippen LogP contribution is 2.33. The summed E-state index contributed by atoms with van der Waals surface area (Å²) in [6.07, 6.45) is 3.01. The normalized spacial score (nSPS) is 22.3. The van der Waals surface area contributed by atoms with E-state index in [1.54, 1.807) is 0 Å². The summed E-state index contributed by atoms with van der Waals surface area (Å²) in [6.45, 7) is 6.23. The summed E-state index contributed by atoms with van der Waals surface area (Å²) in [4.78, 5) is 4.80. The van der Waals surface area contributed by atoms with Crippen molar-refractivity contribution in [2.45, 2.75) is 38.0 Å². The highest BCUT2D eigenvalue weighted by molar-refractivity contribution is 5.44. The SMILES string of the molecule is O[C@H](CO[C@H]1CCCc2ccccc21)CN1CCN(Cc2ccc3c(c2)OCO3)CC1. The first-order chi connectivity index (χ1) is 15.2. The Bertz CT molecular complexity index is 882. The molecular weight excluding hydrogens is 392 g/mol. The number of ether oxygens (including phenoxy) is 3. The average Bonchev–Trinajstić information content (AvgIpc) is 3.27. The highest BCUT2D eigenvalue weighted by atomic mass is 16.7. The van der Waals surface area contributed by atoms with Gasteiger partial charge in [-0.2, -0.15) is 0 Å². The number of piperazine rings is 1. The maximum Gasteiger partial charge on any atom is 0.231 e. The zero-order valence-corrected chi connectivity index (χ0v) is 18.0. The minimum absolute atomic E-state index is 0.123. The molecule has 2 aromatic carbocycles. The van der Waals surface area contributed by atoms with E-state index in [-0.39, 0.29) is 6.10 Å². The summed E-state index contributed by atoms with van der Waals surface area (Å²) < 4.78 is 17.0. The largest absolute Gasteiger partial charge is 0.454 e. The molecule has 1 saturated heterocycles. The number of rotatable bonds is 7. The number of hydrogen-bond donors (Lipinski definition) is 1. The fourth-order valence-electron chi connectivity index (χ4n) is 4.89. The number of benzene rings is 2. The van der Waals surface area contributed by atoms with Gasteiger partial charge in [-0.15, -0.1) is 0 Å². The van der Waals surface area contributed by atoms with Gasteiger partial charge >= 0.3 is 0 Å². The minimum Gasteiger partial charge on any atom is -0.454 e. The van der Waals surface area contributed by atoms with Crippen molar-refractivity contribution in [1.82, 2.24) is 9.80 Å². The van der Waals surface area contributed by atoms with E-state index in [1.807, 2.05) is 6.07 Å². The third-order valence-corrected chi connectivity index (χ3v) is 6.58. The van der Waals surface area contributed by atoms with Gasteiger partial charge in [0, 0.05) is 39.3 Å². The summed E-state index contributed by atoms with van der Waals surface area (Å²) >= 11 is 0. The third kappa shape index (κ3) is 5.04. The van der Waals surface area contributed by atoms with Crippen molar-refractivity contribution in [2.75, 3.05) is 46.1 Å². The number of fused-ring (bicyclic) bond motifs is 2. The van der Waals surface area contributed by atoms with Crippen molar-refractivity contribution < 1.29 is 19.3 Å². The lowest BCUT2D eigenvalue weighted by molar-refractivity contribution is -0.0325. The summed E-state index contributed by atoms with van der Waals surface area (Å²) in [5.41, 5.74) is 3.95. The lowest BCUT2D eigenvalue weighted by Gasteiger charge is -2.36. The molecule has 1 aliphatic carbocycles. The van der Waals surface area contributed by atoms with E-state index in [1.165, 1.54) is 16.7 Å². The quantitative estimate of drug-likeness (QED) is 0.738. The number of β-amino-alcohol motifs (C(OH)–C–C–N with tert-alkyl or cyclic N) is 1. The molecule has 0 unspecified atom stereocenters. The second kappa shape index (κ2) is 9.57. The van der Waals surface area contributed by atoms with Crippen LogP contribution in [0, 0.1) is 0 Å². The predicted molar refractivity (Wildman–Crippen MR) is 118 cm³/mol. The summed E-state index contributed by atoms with van der Waals surface area (Å²) in [6, 6.07) is 14.7. The molecule has 6 heteroatoms. The molecule has 1 fully saturated rings. The van der Waals surface area contributed by atoms with Crippen LogP contribution in [0.5, 0.6) is 11.5 Å². The minimum atomic E-state index is -0.450. The van der Waals surface area contributed by atoms with Crippen LogP contribution in [0.15, 0.2) is 42.5 Å². The Balaban J connectivity index is 1.05. The van der Waals surface area contributed by atoms with Gasteiger partial charge in [0.05, 0.1) is 18.8 Å². The lowest BCUT2D eigenvalue weighted by Crippen LogP contribution is -2.48. The van der Waals surface area contributed by atoms with Gasteiger partial charge in [0.25, 0.3) is 0 Å². The molecule has 2 atom stereocenters. The van der Waals surface area contributed by atoms with Gasteiger partial charge in [0.15, 0.2) is 11.5 Å². The molecule has 0 amide bonds. The molecule has 2 heterocycles. The number of aryl methyl sites for hydroxylation is 1. The van der Waals surface area contributed by atoms with Crippen molar-refractivity contribution in [3.8, 4) is 11.5 Å². The first-order valence-electron chi connectivity index (χ1n) is 11.5. The van der Waals surface area contributed by atoms with E-state index in [2.05, 4.69) is 46.2 Å². The van der Waals surface area contributed by atoms with Crippen molar-refractivity contribution in [3.05, 3.63) is 59.2 Å². The van der Waals surface area contributed by atoms with Gasteiger partial charge < -0.3 is 19.3 Å². The Morgan fingerprint density at radius 2 is 1.81 bits per heavy atom. The fourth-order valence-corrected chi connectivity index (χ4v) is 4.89. The molecule has 31 heavy (non-hydrogen) atoms. The van der Waals surface area contributed by atoms with Gasteiger partial charge in [-0.25, -0.2) is 0 Å². The number of hydrogen-bond acceptors (Lipinski definition) is 6. The molecule has 2 aliphatic heterocycles. The molecule has 166 valence electrons. The maximum absolute atomic E-state index is 10.6. The van der Waals surface area contributed by atoms with Gasteiger partial charge in [-0.05, 0) is 48.1 Å². The van der Waals surface area contributed by atoms with E-state index in [0.717, 1.165) is 63.5 Å². The Labute approximate surface area is 184 Å². The van der Waals surface area contributed by atoms with Gasteiger partial charge in [-0.1, -0.05) is 30.3 Å². The summed E-state index contributed by atoms with van der Waals surface area (Å²) in [5, 5.41) is 10.6. The van der Waals surface area contributed by atoms with Gasteiger partial charge in [0.1, 0.15) is 0 Å². The molecule has 0 aromatic heterocycles. The van der Waals surface area contributed by atoms with E-state index in [0.29, 0.717) is 19.9 Å². The molecule has 5 rings (SSSR count). The molecule has 6 nitrogen and oxygen atoms in total. The highest BCUT2D eigenvalue weighted by Gasteiger charge is 2.23. The summed E-state index contributed by atoms with van der Waals surface area (Å²) in [5.74, 6) is 1.68. The van der Waals surface area contributed by atoms with Crippen molar-refractivity contribution in [3.63, 3.8) is 0 Å². The van der Waals surface area contributed by atoms with Crippen molar-refractivity contribution >= 4 is 0 Å². The van der Waals surface area contributed by atoms with Crippen LogP contribution in [0.2, 0.25) is 0 Å². The van der Waals surface area contributed by atoms with Crippen LogP contribution in [0.25, 0.3) is 0 Å². The number of nitrogens with zero attached hydrogens (tertiary/aromatic N) is 2. The first kappa shape index (κ1) is 20.8. The Morgan fingerprint density at radius 1 is 1.00 bits per heavy atom. The first-order valence-corrected chi connectivity index (χ1v) is 11.5. The van der Waals surface area contributed by atoms with Crippen LogP contribution < -0.4 is 9.47 Å². The van der Waals surface area contributed by atoms with Crippen LogP contribution >= 0.6 is 0 Å². The van der Waals surface area contributed by atoms with Crippen LogP contribution in [0.4, 0.5) is 0 Å². The smallest absolute Gasteiger partial charge is 0.231 e. The topological polar surface area (TPSA) is 54.4 Å². The molecule has 1 N–H and O–H groups in total. The molecule has 0 radical (unpaired) electrons. The second-order valence-corrected chi connectivity index (χ2v) is 8.83. The Kier molecular flexibility index (Phi) is 6.41. The van der Waals surface area contributed by atoms with Gasteiger partial charge in [-0.3, -0.25) is 9.80 Å². The molecule has 0 saturated carbocycles.